The first kappa shape index (κ1) is 27.8. The van der Waals surface area contributed by atoms with Crippen molar-refractivity contribution in [1.29, 1.82) is 5.26 Å². The molecule has 14 heteroatoms. The quantitative estimate of drug-likeness (QED) is 0.488. The fourth-order valence-electron chi connectivity index (χ4n) is 4.29. The zero-order chi connectivity index (χ0) is 28.6. The molecule has 1 atom stereocenters. The number of aromatic nitrogens is 4. The Morgan fingerprint density at radius 3 is 2.51 bits per heavy atom. The number of piperazine rings is 1. The molecule has 39 heavy (non-hydrogen) atoms. The van der Waals surface area contributed by atoms with Gasteiger partial charge in [0.25, 0.3) is 5.56 Å². The first-order valence-corrected chi connectivity index (χ1v) is 12.6. The number of amides is 1. The van der Waals surface area contributed by atoms with Gasteiger partial charge in [0.1, 0.15) is 34.4 Å². The molecule has 0 spiro atoms. The molecule has 0 radical (unpaired) electrons. The van der Waals surface area contributed by atoms with Crippen molar-refractivity contribution in [2.24, 2.45) is 0 Å². The van der Waals surface area contributed by atoms with E-state index in [2.05, 4.69) is 20.3 Å². The van der Waals surface area contributed by atoms with E-state index in [4.69, 9.17) is 22.1 Å². The number of ether oxygens (including phenoxy) is 1. The number of nitrogens with two attached hydrogens (primary N) is 1. The molecule has 1 fully saturated rings. The molecule has 1 aliphatic heterocycles. The van der Waals surface area contributed by atoms with Crippen LogP contribution in [0.3, 0.4) is 0 Å². The van der Waals surface area contributed by atoms with Crippen molar-refractivity contribution in [2.75, 3.05) is 42.2 Å². The zero-order valence-electron chi connectivity index (χ0n) is 22.2. The first-order valence-electron chi connectivity index (χ1n) is 12.2. The number of rotatable bonds is 4. The van der Waals surface area contributed by atoms with Crippen LogP contribution in [0.25, 0.3) is 10.9 Å². The Kier molecular flexibility index (Phi) is 7.52. The number of nitrogens with zero attached hydrogens (tertiary/aromatic N) is 7. The Morgan fingerprint density at radius 1 is 1.23 bits per heavy atom. The van der Waals surface area contributed by atoms with Gasteiger partial charge < -0.3 is 25.7 Å². The lowest BCUT2D eigenvalue weighted by Gasteiger charge is -2.38. The van der Waals surface area contributed by atoms with Crippen molar-refractivity contribution in [3.63, 3.8) is 0 Å². The van der Waals surface area contributed by atoms with Crippen LogP contribution in [0.2, 0.25) is 5.02 Å². The Labute approximate surface area is 229 Å². The van der Waals surface area contributed by atoms with Gasteiger partial charge >= 0.3 is 6.09 Å². The van der Waals surface area contributed by atoms with Gasteiger partial charge in [0.15, 0.2) is 5.82 Å². The predicted molar refractivity (Wildman–Crippen MR) is 145 cm³/mol. The van der Waals surface area contributed by atoms with Crippen LogP contribution < -0.4 is 21.6 Å². The predicted octanol–water partition coefficient (Wildman–Crippen LogP) is 3.10. The molecular formula is C25H29ClFN9O3. The highest BCUT2D eigenvalue weighted by molar-refractivity contribution is 6.35. The van der Waals surface area contributed by atoms with Gasteiger partial charge in [0, 0.05) is 13.1 Å². The largest absolute Gasteiger partial charge is 0.444 e. The maximum Gasteiger partial charge on any atom is 0.410 e. The van der Waals surface area contributed by atoms with Crippen LogP contribution in [0.15, 0.2) is 16.9 Å². The lowest BCUT2D eigenvalue weighted by Crippen LogP contribution is -2.57. The summed E-state index contributed by atoms with van der Waals surface area (Å²) in [5.74, 6) is -0.446. The molecule has 3 N–H and O–H groups in total. The molecule has 0 saturated carbocycles. The van der Waals surface area contributed by atoms with Crippen molar-refractivity contribution >= 4 is 40.4 Å². The zero-order valence-corrected chi connectivity index (χ0v) is 23.0. The van der Waals surface area contributed by atoms with Gasteiger partial charge in [-0.3, -0.25) is 4.79 Å². The minimum atomic E-state index is -0.745. The number of hydrogen-bond acceptors (Lipinski definition) is 10. The van der Waals surface area contributed by atoms with E-state index in [9.17, 15) is 19.2 Å². The van der Waals surface area contributed by atoms with Crippen LogP contribution in [0.5, 0.6) is 0 Å². The van der Waals surface area contributed by atoms with Gasteiger partial charge in [-0.15, -0.1) is 0 Å². The summed E-state index contributed by atoms with van der Waals surface area (Å²) in [5, 5.41) is 14.4. The second-order valence-corrected chi connectivity index (χ2v) is 10.5. The fraction of sp³-hybridized carbons (Fsp3) is 0.440. The van der Waals surface area contributed by atoms with Crippen molar-refractivity contribution < 1.29 is 13.9 Å². The van der Waals surface area contributed by atoms with Crippen LogP contribution in [-0.2, 0) is 4.74 Å². The Morgan fingerprint density at radius 2 is 1.90 bits per heavy atom. The van der Waals surface area contributed by atoms with Gasteiger partial charge in [0.05, 0.1) is 35.2 Å². The van der Waals surface area contributed by atoms with Crippen LogP contribution in [0, 0.1) is 24.1 Å². The number of carbonyl (C=O) groups excluding carboxylic acids is 1. The number of nitriles is 1. The molecule has 4 rings (SSSR count). The molecule has 1 amide bonds. The standard InChI is InChI=1S/C25H29ClFN9O3/c1-13-15(12-28)20(33-23(29)31-13)30-14(2)21-32-19-17(27)7-6-16(26)18(19)22(37)36(21)35-10-8-34(9-11-35)24(38)39-25(3,4)5/h6-7,14H,8-11H2,1-5H3,(H3,29,30,31,33)/t14-/m0/s1. The average Bonchev–Trinajstić information content (AvgIpc) is 2.84. The van der Waals surface area contributed by atoms with E-state index in [1.807, 2.05) is 6.07 Å². The molecule has 0 aliphatic carbocycles. The molecule has 0 bridgehead atoms. The van der Waals surface area contributed by atoms with Crippen molar-refractivity contribution in [3.8, 4) is 6.07 Å². The maximum atomic E-state index is 14.8. The summed E-state index contributed by atoms with van der Waals surface area (Å²) in [5.41, 5.74) is 4.95. The maximum absolute atomic E-state index is 14.8. The van der Waals surface area contributed by atoms with E-state index in [-0.39, 0.29) is 65.3 Å². The summed E-state index contributed by atoms with van der Waals surface area (Å²) in [6.07, 6.45) is -0.452. The van der Waals surface area contributed by atoms with E-state index in [1.54, 1.807) is 44.5 Å². The Balaban J connectivity index is 1.77. The smallest absolute Gasteiger partial charge is 0.410 e. The molecular weight excluding hydrogens is 529 g/mol. The van der Waals surface area contributed by atoms with Crippen LogP contribution in [0.4, 0.5) is 21.0 Å². The Bertz CT molecular complexity index is 1540. The molecule has 1 aliphatic rings. The Hall–Kier alpha value is -4.18. The fourth-order valence-corrected chi connectivity index (χ4v) is 4.52. The van der Waals surface area contributed by atoms with Crippen LogP contribution in [0.1, 0.15) is 50.8 Å². The minimum absolute atomic E-state index is 0.0406. The first-order chi connectivity index (χ1) is 18.3. The number of nitrogen functional groups attached to an aromatic ring is 1. The summed E-state index contributed by atoms with van der Waals surface area (Å²) in [4.78, 5) is 40.6. The highest BCUT2D eigenvalue weighted by Gasteiger charge is 2.30. The van der Waals surface area contributed by atoms with E-state index in [0.29, 0.717) is 5.69 Å². The number of fused-ring (bicyclic) bond motifs is 1. The molecule has 2 aromatic heterocycles. The molecule has 206 valence electrons. The third-order valence-electron chi connectivity index (χ3n) is 6.08. The minimum Gasteiger partial charge on any atom is -0.444 e. The SMILES string of the molecule is Cc1nc(N)nc(N[C@@H](C)c2nc3c(F)ccc(Cl)c3c(=O)n2N2CCN(C(=O)OC(C)(C)C)CC2)c1C#N. The van der Waals surface area contributed by atoms with Gasteiger partial charge in [-0.2, -0.15) is 10.2 Å². The average molecular weight is 558 g/mol. The summed E-state index contributed by atoms with van der Waals surface area (Å²) < 4.78 is 21.7. The van der Waals surface area contributed by atoms with Gasteiger partial charge in [-0.05, 0) is 46.8 Å². The monoisotopic (exact) mass is 557 g/mol. The van der Waals surface area contributed by atoms with E-state index >= 15 is 0 Å². The van der Waals surface area contributed by atoms with Crippen LogP contribution >= 0.6 is 11.6 Å². The van der Waals surface area contributed by atoms with Crippen molar-refractivity contribution in [1.82, 2.24) is 24.5 Å². The lowest BCUT2D eigenvalue weighted by molar-refractivity contribution is 0.0231. The van der Waals surface area contributed by atoms with Gasteiger partial charge in [-0.25, -0.2) is 23.8 Å². The lowest BCUT2D eigenvalue weighted by atomic mass is 10.2. The number of nitrogens with one attached hydrogen (secondary N) is 1. The van der Waals surface area contributed by atoms with Gasteiger partial charge in [-0.1, -0.05) is 11.6 Å². The summed E-state index contributed by atoms with van der Waals surface area (Å²) in [7, 11) is 0. The normalized spacial score (nSPS) is 14.7. The highest BCUT2D eigenvalue weighted by atomic mass is 35.5. The van der Waals surface area contributed by atoms with Crippen LogP contribution in [-0.4, -0.2) is 62.4 Å². The number of aryl methyl sites for hydroxylation is 1. The highest BCUT2D eigenvalue weighted by Crippen LogP contribution is 2.26. The van der Waals surface area contributed by atoms with E-state index in [1.165, 1.54) is 10.7 Å². The summed E-state index contributed by atoms with van der Waals surface area (Å²) >= 11 is 6.32. The third kappa shape index (κ3) is 5.65. The van der Waals surface area contributed by atoms with Crippen molar-refractivity contribution in [2.45, 2.75) is 46.3 Å². The number of halogens is 2. The topological polar surface area (TPSA) is 155 Å². The second kappa shape index (κ2) is 10.5. The molecule has 3 heterocycles. The molecule has 0 unspecified atom stereocenters. The summed E-state index contributed by atoms with van der Waals surface area (Å²) in [6.45, 7) is 9.76. The number of hydrogen-bond donors (Lipinski definition) is 2. The third-order valence-corrected chi connectivity index (χ3v) is 6.39. The van der Waals surface area contributed by atoms with E-state index in [0.717, 1.165) is 6.07 Å². The molecule has 1 aromatic carbocycles. The molecule has 3 aromatic rings. The number of anilines is 2. The number of benzene rings is 1. The van der Waals surface area contributed by atoms with E-state index < -0.39 is 29.1 Å². The molecule has 12 nitrogen and oxygen atoms in total. The number of carbonyl (C=O) groups is 1. The second-order valence-electron chi connectivity index (χ2n) is 10.1. The summed E-state index contributed by atoms with van der Waals surface area (Å²) in [6, 6.07) is 3.75. The van der Waals surface area contributed by atoms with Crippen molar-refractivity contribution in [3.05, 3.63) is 50.4 Å². The van der Waals surface area contributed by atoms with Gasteiger partial charge in [0.2, 0.25) is 5.95 Å². The molecule has 1 saturated heterocycles.